The highest BCUT2D eigenvalue weighted by molar-refractivity contribution is 5.74. The number of nitrogens with zero attached hydrogens (tertiary/aromatic N) is 4. The lowest BCUT2D eigenvalue weighted by atomic mass is 10.3. The van der Waals surface area contributed by atoms with Crippen molar-refractivity contribution in [2.75, 3.05) is 11.5 Å². The highest BCUT2D eigenvalue weighted by Gasteiger charge is 2.26. The van der Waals surface area contributed by atoms with Gasteiger partial charge < -0.3 is 14.4 Å². The van der Waals surface area contributed by atoms with Gasteiger partial charge in [0.1, 0.15) is 5.52 Å². The minimum Gasteiger partial charge on any atom is -0.423 e. The Labute approximate surface area is 115 Å². The standard InChI is InChI=1S/C14H14N4O2/c19-6-5-18-12-9-17(8-10(12)7-15-18)14-16-11-3-1-2-4-13(11)20-14/h1-4,7,19H,5-6,8-9H2. The molecule has 0 saturated carbocycles. The summed E-state index contributed by atoms with van der Waals surface area (Å²) < 4.78 is 7.63. The largest absolute Gasteiger partial charge is 0.423 e. The highest BCUT2D eigenvalue weighted by atomic mass is 16.4. The second-order valence-electron chi connectivity index (χ2n) is 4.88. The molecule has 4 rings (SSSR count). The van der Waals surface area contributed by atoms with Crippen molar-refractivity contribution in [2.24, 2.45) is 0 Å². The first-order valence-corrected chi connectivity index (χ1v) is 6.60. The van der Waals surface area contributed by atoms with Crippen LogP contribution in [0.4, 0.5) is 6.01 Å². The highest BCUT2D eigenvalue weighted by Crippen LogP contribution is 2.29. The zero-order valence-electron chi connectivity index (χ0n) is 10.9. The normalized spacial score (nSPS) is 14.2. The predicted molar refractivity (Wildman–Crippen MR) is 73.2 cm³/mol. The number of para-hydroxylation sites is 2. The molecule has 0 unspecified atom stereocenters. The van der Waals surface area contributed by atoms with E-state index in [1.54, 1.807) is 0 Å². The molecular formula is C14H14N4O2. The van der Waals surface area contributed by atoms with E-state index in [2.05, 4.69) is 15.0 Å². The van der Waals surface area contributed by atoms with E-state index in [-0.39, 0.29) is 6.61 Å². The van der Waals surface area contributed by atoms with E-state index in [0.29, 0.717) is 19.1 Å². The van der Waals surface area contributed by atoms with Crippen LogP contribution in [-0.4, -0.2) is 26.5 Å². The van der Waals surface area contributed by atoms with Gasteiger partial charge in [-0.15, -0.1) is 0 Å². The number of hydrogen-bond acceptors (Lipinski definition) is 5. The van der Waals surface area contributed by atoms with E-state index in [9.17, 15) is 0 Å². The van der Waals surface area contributed by atoms with E-state index in [4.69, 9.17) is 9.52 Å². The average Bonchev–Trinajstić information content (AvgIpc) is 3.12. The molecular weight excluding hydrogens is 256 g/mol. The fraction of sp³-hybridized carbons (Fsp3) is 0.286. The van der Waals surface area contributed by atoms with Gasteiger partial charge in [0.05, 0.1) is 38.1 Å². The minimum absolute atomic E-state index is 0.0943. The van der Waals surface area contributed by atoms with Gasteiger partial charge in [-0.3, -0.25) is 4.68 Å². The van der Waals surface area contributed by atoms with Crippen molar-refractivity contribution >= 4 is 17.1 Å². The molecule has 3 heterocycles. The van der Waals surface area contributed by atoms with Gasteiger partial charge in [-0.1, -0.05) is 12.1 Å². The summed E-state index contributed by atoms with van der Waals surface area (Å²) in [5.41, 5.74) is 3.97. The summed E-state index contributed by atoms with van der Waals surface area (Å²) in [5, 5.41) is 13.3. The van der Waals surface area contributed by atoms with Crippen molar-refractivity contribution in [3.63, 3.8) is 0 Å². The maximum Gasteiger partial charge on any atom is 0.299 e. The van der Waals surface area contributed by atoms with E-state index >= 15 is 0 Å². The van der Waals surface area contributed by atoms with Gasteiger partial charge in [-0.2, -0.15) is 10.1 Å². The molecule has 0 amide bonds. The van der Waals surface area contributed by atoms with Crippen LogP contribution in [0.25, 0.3) is 11.1 Å². The second-order valence-corrected chi connectivity index (χ2v) is 4.88. The molecule has 1 aliphatic rings. The van der Waals surface area contributed by atoms with Gasteiger partial charge in [0, 0.05) is 5.56 Å². The third-order valence-corrected chi connectivity index (χ3v) is 3.60. The summed E-state index contributed by atoms with van der Waals surface area (Å²) in [4.78, 5) is 6.60. The monoisotopic (exact) mass is 270 g/mol. The van der Waals surface area contributed by atoms with Crippen molar-refractivity contribution < 1.29 is 9.52 Å². The van der Waals surface area contributed by atoms with Crippen LogP contribution in [0.2, 0.25) is 0 Å². The molecule has 0 saturated heterocycles. The maximum atomic E-state index is 9.04. The first kappa shape index (κ1) is 11.5. The van der Waals surface area contributed by atoms with Crippen LogP contribution in [0.5, 0.6) is 0 Å². The quantitative estimate of drug-likeness (QED) is 0.782. The molecule has 0 atom stereocenters. The number of hydrogen-bond donors (Lipinski definition) is 1. The molecule has 6 nitrogen and oxygen atoms in total. The lowest BCUT2D eigenvalue weighted by Gasteiger charge is -2.12. The third kappa shape index (κ3) is 1.69. The number of rotatable bonds is 3. The minimum atomic E-state index is 0.0943. The Kier molecular flexibility index (Phi) is 2.50. The SMILES string of the molecule is OCCn1ncc2c1CN(c1nc3ccccc3o1)C2. The molecule has 1 N–H and O–H groups in total. The summed E-state index contributed by atoms with van der Waals surface area (Å²) in [5.74, 6) is 0. The molecule has 2 aromatic heterocycles. The molecule has 0 radical (unpaired) electrons. The number of anilines is 1. The van der Waals surface area contributed by atoms with E-state index in [0.717, 1.165) is 23.3 Å². The summed E-state index contributed by atoms with van der Waals surface area (Å²) in [6.45, 7) is 2.07. The smallest absolute Gasteiger partial charge is 0.299 e. The van der Waals surface area contributed by atoms with Gasteiger partial charge in [0.15, 0.2) is 5.58 Å². The Morgan fingerprint density at radius 2 is 2.15 bits per heavy atom. The number of fused-ring (bicyclic) bond motifs is 2. The second kappa shape index (κ2) is 4.35. The zero-order valence-corrected chi connectivity index (χ0v) is 10.9. The Hall–Kier alpha value is -2.34. The van der Waals surface area contributed by atoms with E-state index in [1.165, 1.54) is 5.56 Å². The Balaban J connectivity index is 1.65. The van der Waals surface area contributed by atoms with E-state index in [1.807, 2.05) is 35.1 Å². The van der Waals surface area contributed by atoms with Crippen molar-refractivity contribution in [3.8, 4) is 0 Å². The lowest BCUT2D eigenvalue weighted by molar-refractivity contribution is 0.267. The molecule has 0 aliphatic carbocycles. The average molecular weight is 270 g/mol. The van der Waals surface area contributed by atoms with Crippen LogP contribution >= 0.6 is 0 Å². The Bertz CT molecular complexity index is 728. The van der Waals surface area contributed by atoms with Crippen molar-refractivity contribution in [1.29, 1.82) is 0 Å². The van der Waals surface area contributed by atoms with E-state index < -0.39 is 0 Å². The summed E-state index contributed by atoms with van der Waals surface area (Å²) in [6, 6.07) is 8.39. The number of aliphatic hydroxyl groups excluding tert-OH is 1. The summed E-state index contributed by atoms with van der Waals surface area (Å²) in [7, 11) is 0. The first-order valence-electron chi connectivity index (χ1n) is 6.60. The number of oxazole rings is 1. The maximum absolute atomic E-state index is 9.04. The van der Waals surface area contributed by atoms with Crippen LogP contribution in [-0.2, 0) is 19.6 Å². The van der Waals surface area contributed by atoms with Gasteiger partial charge in [0.25, 0.3) is 6.01 Å². The van der Waals surface area contributed by atoms with Gasteiger partial charge >= 0.3 is 0 Å². The van der Waals surface area contributed by atoms with Crippen molar-refractivity contribution in [1.82, 2.24) is 14.8 Å². The van der Waals surface area contributed by atoms with Crippen molar-refractivity contribution in [3.05, 3.63) is 41.7 Å². The van der Waals surface area contributed by atoms with Gasteiger partial charge in [0.2, 0.25) is 0 Å². The van der Waals surface area contributed by atoms with Crippen LogP contribution in [0, 0.1) is 0 Å². The Morgan fingerprint density at radius 3 is 3.00 bits per heavy atom. The topological polar surface area (TPSA) is 67.3 Å². The molecule has 0 fully saturated rings. The molecule has 0 spiro atoms. The fourth-order valence-electron chi connectivity index (χ4n) is 2.62. The van der Waals surface area contributed by atoms with Crippen LogP contribution in [0.3, 0.4) is 0 Å². The molecule has 20 heavy (non-hydrogen) atoms. The number of aliphatic hydroxyl groups is 1. The van der Waals surface area contributed by atoms with Crippen LogP contribution in [0.1, 0.15) is 11.3 Å². The van der Waals surface area contributed by atoms with Crippen LogP contribution < -0.4 is 4.90 Å². The summed E-state index contributed by atoms with van der Waals surface area (Å²) in [6.07, 6.45) is 1.85. The van der Waals surface area contributed by atoms with Crippen LogP contribution in [0.15, 0.2) is 34.9 Å². The molecule has 6 heteroatoms. The lowest BCUT2D eigenvalue weighted by Crippen LogP contribution is -2.17. The van der Waals surface area contributed by atoms with Crippen molar-refractivity contribution in [2.45, 2.75) is 19.6 Å². The Morgan fingerprint density at radius 1 is 1.25 bits per heavy atom. The van der Waals surface area contributed by atoms with Gasteiger partial charge in [-0.05, 0) is 12.1 Å². The molecule has 102 valence electrons. The number of benzene rings is 1. The third-order valence-electron chi connectivity index (χ3n) is 3.60. The summed E-state index contributed by atoms with van der Waals surface area (Å²) >= 11 is 0. The molecule has 1 aromatic carbocycles. The van der Waals surface area contributed by atoms with Gasteiger partial charge in [-0.25, -0.2) is 0 Å². The predicted octanol–water partition coefficient (Wildman–Crippen LogP) is 1.54. The number of aromatic nitrogens is 3. The molecule has 0 bridgehead atoms. The molecule has 1 aliphatic heterocycles. The first-order chi connectivity index (χ1) is 9.85. The zero-order chi connectivity index (χ0) is 13.5. The molecule has 3 aromatic rings. The fourth-order valence-corrected chi connectivity index (χ4v) is 2.62.